The summed E-state index contributed by atoms with van der Waals surface area (Å²) in [5.74, 6) is 0.517. The Morgan fingerprint density at radius 1 is 1.28 bits per heavy atom. The van der Waals surface area contributed by atoms with E-state index in [1.807, 2.05) is 12.1 Å². The van der Waals surface area contributed by atoms with E-state index in [2.05, 4.69) is 0 Å². The average Bonchev–Trinajstić information content (AvgIpc) is 2.86. The molecular formula is C14H15ClFNO. The van der Waals surface area contributed by atoms with Crippen molar-refractivity contribution in [2.45, 2.75) is 25.3 Å². The second-order valence-corrected chi connectivity index (χ2v) is 4.67. The van der Waals surface area contributed by atoms with Crippen LogP contribution in [0.3, 0.4) is 0 Å². The average molecular weight is 268 g/mol. The first-order valence-corrected chi connectivity index (χ1v) is 6.25. The highest BCUT2D eigenvalue weighted by atomic mass is 35.5. The standard InChI is InChI=1S/C14H15ClFNO/c15-14-10(3-1-5-13(14)16)9-11(17)6-7-12-4-2-8-18-12/h1-5,8,11H,6-7,9,17H2. The third-order valence-electron chi connectivity index (χ3n) is 2.86. The number of benzene rings is 1. The number of hydrogen-bond donors (Lipinski definition) is 1. The molecule has 0 bridgehead atoms. The number of furan rings is 1. The summed E-state index contributed by atoms with van der Waals surface area (Å²) < 4.78 is 18.5. The predicted molar refractivity (Wildman–Crippen MR) is 70.1 cm³/mol. The third kappa shape index (κ3) is 3.34. The lowest BCUT2D eigenvalue weighted by Gasteiger charge is -2.12. The number of aryl methyl sites for hydroxylation is 1. The van der Waals surface area contributed by atoms with Crippen molar-refractivity contribution < 1.29 is 8.81 Å². The van der Waals surface area contributed by atoms with E-state index in [0.29, 0.717) is 6.42 Å². The molecule has 2 N–H and O–H groups in total. The fourth-order valence-electron chi connectivity index (χ4n) is 1.87. The lowest BCUT2D eigenvalue weighted by Crippen LogP contribution is -2.23. The van der Waals surface area contributed by atoms with Gasteiger partial charge in [-0.1, -0.05) is 23.7 Å². The molecule has 96 valence electrons. The van der Waals surface area contributed by atoms with E-state index in [1.54, 1.807) is 18.4 Å². The third-order valence-corrected chi connectivity index (χ3v) is 3.28. The van der Waals surface area contributed by atoms with Crippen molar-refractivity contribution in [3.8, 4) is 0 Å². The summed E-state index contributed by atoms with van der Waals surface area (Å²) in [6.07, 6.45) is 3.77. The van der Waals surface area contributed by atoms with Crippen LogP contribution in [0, 0.1) is 5.82 Å². The van der Waals surface area contributed by atoms with Crippen LogP contribution in [-0.2, 0) is 12.8 Å². The Labute approximate surface area is 111 Å². The van der Waals surface area contributed by atoms with Crippen molar-refractivity contribution in [3.05, 3.63) is 58.8 Å². The van der Waals surface area contributed by atoms with E-state index in [9.17, 15) is 4.39 Å². The Kier molecular flexibility index (Phi) is 4.39. The molecule has 0 radical (unpaired) electrons. The molecule has 1 aromatic carbocycles. The summed E-state index contributed by atoms with van der Waals surface area (Å²) in [5.41, 5.74) is 6.77. The fraction of sp³-hybridized carbons (Fsp3) is 0.286. The first-order valence-electron chi connectivity index (χ1n) is 5.87. The van der Waals surface area contributed by atoms with Gasteiger partial charge in [0.05, 0.1) is 11.3 Å². The molecule has 2 rings (SSSR count). The normalized spacial score (nSPS) is 12.6. The number of halogens is 2. The molecule has 1 atom stereocenters. The van der Waals surface area contributed by atoms with Gasteiger partial charge in [0.1, 0.15) is 11.6 Å². The van der Waals surface area contributed by atoms with Gasteiger partial charge in [-0.3, -0.25) is 0 Å². The Bertz CT molecular complexity index is 499. The Balaban J connectivity index is 1.90. The minimum atomic E-state index is -0.396. The van der Waals surface area contributed by atoms with Crippen LogP contribution < -0.4 is 5.73 Å². The van der Waals surface area contributed by atoms with Crippen molar-refractivity contribution in [2.24, 2.45) is 5.73 Å². The number of rotatable bonds is 5. The topological polar surface area (TPSA) is 39.2 Å². The van der Waals surface area contributed by atoms with E-state index in [0.717, 1.165) is 24.2 Å². The van der Waals surface area contributed by atoms with Gasteiger partial charge in [-0.05, 0) is 36.6 Å². The van der Waals surface area contributed by atoms with Crippen LogP contribution in [0.1, 0.15) is 17.7 Å². The van der Waals surface area contributed by atoms with E-state index in [4.69, 9.17) is 21.8 Å². The van der Waals surface area contributed by atoms with Crippen molar-refractivity contribution in [1.29, 1.82) is 0 Å². The highest BCUT2D eigenvalue weighted by molar-refractivity contribution is 6.31. The van der Waals surface area contributed by atoms with Gasteiger partial charge in [-0.25, -0.2) is 4.39 Å². The monoisotopic (exact) mass is 267 g/mol. The van der Waals surface area contributed by atoms with Crippen molar-refractivity contribution in [1.82, 2.24) is 0 Å². The van der Waals surface area contributed by atoms with Crippen molar-refractivity contribution in [2.75, 3.05) is 0 Å². The summed E-state index contributed by atoms with van der Waals surface area (Å²) in [6, 6.07) is 8.51. The SMILES string of the molecule is NC(CCc1ccco1)Cc1cccc(F)c1Cl. The second kappa shape index (κ2) is 6.03. The lowest BCUT2D eigenvalue weighted by atomic mass is 10.0. The molecule has 0 saturated carbocycles. The van der Waals surface area contributed by atoms with Crippen molar-refractivity contribution in [3.63, 3.8) is 0 Å². The maximum Gasteiger partial charge on any atom is 0.142 e. The molecule has 0 spiro atoms. The molecule has 1 unspecified atom stereocenters. The fourth-order valence-corrected chi connectivity index (χ4v) is 2.08. The molecule has 0 aliphatic carbocycles. The van der Waals surface area contributed by atoms with Crippen LogP contribution in [0.5, 0.6) is 0 Å². The molecule has 1 heterocycles. The highest BCUT2D eigenvalue weighted by Crippen LogP contribution is 2.21. The maximum absolute atomic E-state index is 13.3. The summed E-state index contributed by atoms with van der Waals surface area (Å²) in [6.45, 7) is 0. The highest BCUT2D eigenvalue weighted by Gasteiger charge is 2.10. The Hall–Kier alpha value is -1.32. The number of hydrogen-bond acceptors (Lipinski definition) is 2. The van der Waals surface area contributed by atoms with E-state index < -0.39 is 5.82 Å². The molecule has 0 aliphatic heterocycles. The molecule has 2 aromatic rings. The van der Waals surface area contributed by atoms with Crippen LogP contribution in [0.2, 0.25) is 5.02 Å². The first kappa shape index (κ1) is 13.1. The molecule has 1 aromatic heterocycles. The maximum atomic E-state index is 13.3. The van der Waals surface area contributed by atoms with E-state index >= 15 is 0 Å². The predicted octanol–water partition coefficient (Wildman–Crippen LogP) is 3.57. The molecule has 18 heavy (non-hydrogen) atoms. The molecular weight excluding hydrogens is 253 g/mol. The minimum Gasteiger partial charge on any atom is -0.469 e. The Morgan fingerprint density at radius 3 is 2.83 bits per heavy atom. The zero-order valence-electron chi connectivity index (χ0n) is 9.90. The summed E-state index contributed by atoms with van der Waals surface area (Å²) in [5, 5.41) is 0.172. The molecule has 4 heteroatoms. The van der Waals surface area contributed by atoms with Crippen LogP contribution >= 0.6 is 11.6 Å². The first-order chi connectivity index (χ1) is 8.66. The number of nitrogens with two attached hydrogens (primary N) is 1. The molecule has 0 fully saturated rings. The van der Waals surface area contributed by atoms with Gasteiger partial charge in [0.2, 0.25) is 0 Å². The minimum absolute atomic E-state index is 0.0607. The van der Waals surface area contributed by atoms with Gasteiger partial charge in [-0.2, -0.15) is 0 Å². The van der Waals surface area contributed by atoms with Crippen LogP contribution in [0.4, 0.5) is 4.39 Å². The zero-order chi connectivity index (χ0) is 13.0. The van der Waals surface area contributed by atoms with Gasteiger partial charge < -0.3 is 10.2 Å². The second-order valence-electron chi connectivity index (χ2n) is 4.30. The quantitative estimate of drug-likeness (QED) is 0.899. The van der Waals surface area contributed by atoms with Gasteiger partial charge >= 0.3 is 0 Å². The van der Waals surface area contributed by atoms with Gasteiger partial charge in [-0.15, -0.1) is 0 Å². The summed E-state index contributed by atoms with van der Waals surface area (Å²) >= 11 is 5.89. The largest absolute Gasteiger partial charge is 0.469 e. The van der Waals surface area contributed by atoms with E-state index in [1.165, 1.54) is 6.07 Å². The lowest BCUT2D eigenvalue weighted by molar-refractivity contribution is 0.483. The molecule has 0 amide bonds. The summed E-state index contributed by atoms with van der Waals surface area (Å²) in [7, 11) is 0. The van der Waals surface area contributed by atoms with Crippen LogP contribution in [-0.4, -0.2) is 6.04 Å². The molecule has 2 nitrogen and oxygen atoms in total. The van der Waals surface area contributed by atoms with E-state index in [-0.39, 0.29) is 11.1 Å². The van der Waals surface area contributed by atoms with Gasteiger partial charge in [0.25, 0.3) is 0 Å². The van der Waals surface area contributed by atoms with Crippen LogP contribution in [0.15, 0.2) is 41.0 Å². The Morgan fingerprint density at radius 2 is 2.11 bits per heavy atom. The van der Waals surface area contributed by atoms with Gasteiger partial charge in [0.15, 0.2) is 0 Å². The van der Waals surface area contributed by atoms with Gasteiger partial charge in [0, 0.05) is 12.5 Å². The van der Waals surface area contributed by atoms with Crippen LogP contribution in [0.25, 0.3) is 0 Å². The van der Waals surface area contributed by atoms with Crippen molar-refractivity contribution >= 4 is 11.6 Å². The summed E-state index contributed by atoms with van der Waals surface area (Å²) in [4.78, 5) is 0. The zero-order valence-corrected chi connectivity index (χ0v) is 10.7. The molecule has 0 saturated heterocycles. The smallest absolute Gasteiger partial charge is 0.142 e. The molecule has 0 aliphatic rings.